The maximum absolute atomic E-state index is 13.0. The van der Waals surface area contributed by atoms with Crippen LogP contribution in [-0.4, -0.2) is 32.3 Å². The van der Waals surface area contributed by atoms with Crippen molar-refractivity contribution in [1.29, 1.82) is 0 Å². The number of benzene rings is 1. The number of anilines is 3. The van der Waals surface area contributed by atoms with Crippen LogP contribution < -0.4 is 10.2 Å². The topological polar surface area (TPSA) is 71.8 Å². The van der Waals surface area contributed by atoms with Crippen molar-refractivity contribution in [2.24, 2.45) is 0 Å². The van der Waals surface area contributed by atoms with E-state index < -0.39 is 5.60 Å². The second-order valence-corrected chi connectivity index (χ2v) is 8.62. The van der Waals surface area contributed by atoms with Crippen molar-refractivity contribution >= 4 is 28.9 Å². The molecular weight excluding hydrogens is 366 g/mol. The SMILES string of the molecule is Cc1ccc(Nc2cc(N(C(=O)OC(C)(C)C)C3CC3)c3nccn3n2)cc1C. The third kappa shape index (κ3) is 4.18. The predicted molar refractivity (Wildman–Crippen MR) is 114 cm³/mol. The highest BCUT2D eigenvalue weighted by atomic mass is 16.6. The van der Waals surface area contributed by atoms with Gasteiger partial charge in [-0.05, 0) is 70.7 Å². The fourth-order valence-corrected chi connectivity index (χ4v) is 3.19. The van der Waals surface area contributed by atoms with Gasteiger partial charge in [-0.1, -0.05) is 6.07 Å². The Balaban J connectivity index is 1.73. The summed E-state index contributed by atoms with van der Waals surface area (Å²) in [4.78, 5) is 19.1. The number of nitrogens with zero attached hydrogens (tertiary/aromatic N) is 4. The Kier molecular flexibility index (Phi) is 4.68. The molecule has 7 heteroatoms. The number of carbonyl (C=O) groups is 1. The van der Waals surface area contributed by atoms with Crippen molar-refractivity contribution in [3.63, 3.8) is 0 Å². The predicted octanol–water partition coefficient (Wildman–Crippen LogP) is 4.99. The molecule has 152 valence electrons. The van der Waals surface area contributed by atoms with Gasteiger partial charge in [0.25, 0.3) is 0 Å². The number of ether oxygens (including phenoxy) is 1. The second kappa shape index (κ2) is 7.06. The van der Waals surface area contributed by atoms with Crippen LogP contribution in [0.1, 0.15) is 44.7 Å². The van der Waals surface area contributed by atoms with Gasteiger partial charge in [0.1, 0.15) is 5.60 Å². The summed E-state index contributed by atoms with van der Waals surface area (Å²) in [7, 11) is 0. The first-order valence-corrected chi connectivity index (χ1v) is 9.92. The number of carbonyl (C=O) groups excluding carboxylic acids is 1. The summed E-state index contributed by atoms with van der Waals surface area (Å²) in [6.07, 6.45) is 5.02. The maximum Gasteiger partial charge on any atom is 0.415 e. The quantitative estimate of drug-likeness (QED) is 0.676. The minimum atomic E-state index is -0.566. The minimum Gasteiger partial charge on any atom is -0.443 e. The Morgan fingerprint density at radius 1 is 1.21 bits per heavy atom. The number of imidazole rings is 1. The number of aryl methyl sites for hydroxylation is 2. The third-order valence-corrected chi connectivity index (χ3v) is 4.88. The number of rotatable bonds is 4. The van der Waals surface area contributed by atoms with Crippen LogP contribution in [0.5, 0.6) is 0 Å². The molecule has 1 fully saturated rings. The van der Waals surface area contributed by atoms with Crippen molar-refractivity contribution in [3.05, 3.63) is 47.8 Å². The average molecular weight is 393 g/mol. The minimum absolute atomic E-state index is 0.127. The molecule has 29 heavy (non-hydrogen) atoms. The molecule has 0 atom stereocenters. The Hall–Kier alpha value is -3.09. The Morgan fingerprint density at radius 3 is 2.62 bits per heavy atom. The summed E-state index contributed by atoms with van der Waals surface area (Å²) in [5.41, 5.74) is 4.15. The lowest BCUT2D eigenvalue weighted by Gasteiger charge is -2.27. The zero-order valence-electron chi connectivity index (χ0n) is 17.6. The molecule has 1 aromatic carbocycles. The highest BCUT2D eigenvalue weighted by Gasteiger charge is 2.38. The van der Waals surface area contributed by atoms with Gasteiger partial charge in [0.2, 0.25) is 0 Å². The molecule has 1 aliphatic carbocycles. The van der Waals surface area contributed by atoms with Crippen molar-refractivity contribution in [3.8, 4) is 0 Å². The van der Waals surface area contributed by atoms with E-state index in [0.717, 1.165) is 18.5 Å². The Labute approximate surface area is 170 Å². The summed E-state index contributed by atoms with van der Waals surface area (Å²) in [6.45, 7) is 9.79. The number of nitrogens with one attached hydrogen (secondary N) is 1. The van der Waals surface area contributed by atoms with Gasteiger partial charge in [-0.15, -0.1) is 5.10 Å². The molecule has 7 nitrogen and oxygen atoms in total. The van der Waals surface area contributed by atoms with Gasteiger partial charge in [0.05, 0.1) is 5.69 Å². The molecule has 0 aliphatic heterocycles. The van der Waals surface area contributed by atoms with Gasteiger partial charge in [-0.2, -0.15) is 0 Å². The van der Waals surface area contributed by atoms with Gasteiger partial charge in [-0.25, -0.2) is 14.3 Å². The molecule has 2 aromatic heterocycles. The molecule has 1 amide bonds. The van der Waals surface area contributed by atoms with Crippen LogP contribution in [0.3, 0.4) is 0 Å². The summed E-state index contributed by atoms with van der Waals surface area (Å²) >= 11 is 0. The highest BCUT2D eigenvalue weighted by molar-refractivity contribution is 5.94. The number of hydrogen-bond acceptors (Lipinski definition) is 5. The monoisotopic (exact) mass is 393 g/mol. The molecule has 0 spiro atoms. The average Bonchev–Trinajstić information content (AvgIpc) is 3.32. The normalized spacial score (nSPS) is 14.1. The van der Waals surface area contributed by atoms with Crippen LogP contribution in [0.4, 0.5) is 22.0 Å². The molecule has 1 saturated carbocycles. The van der Waals surface area contributed by atoms with E-state index in [1.807, 2.05) is 32.9 Å². The highest BCUT2D eigenvalue weighted by Crippen LogP contribution is 2.36. The summed E-state index contributed by atoms with van der Waals surface area (Å²) in [5, 5.41) is 7.96. The van der Waals surface area contributed by atoms with Crippen molar-refractivity contribution in [1.82, 2.24) is 14.6 Å². The fourth-order valence-electron chi connectivity index (χ4n) is 3.19. The van der Waals surface area contributed by atoms with Crippen molar-refractivity contribution in [2.45, 2.75) is 59.1 Å². The molecule has 0 radical (unpaired) electrons. The van der Waals surface area contributed by atoms with Crippen molar-refractivity contribution in [2.75, 3.05) is 10.2 Å². The van der Waals surface area contributed by atoms with Gasteiger partial charge < -0.3 is 10.1 Å². The van der Waals surface area contributed by atoms with Crippen LogP contribution in [0.25, 0.3) is 5.65 Å². The number of aromatic nitrogens is 3. The van der Waals surface area contributed by atoms with E-state index in [1.165, 1.54) is 11.1 Å². The molecule has 0 unspecified atom stereocenters. The second-order valence-electron chi connectivity index (χ2n) is 8.62. The number of hydrogen-bond donors (Lipinski definition) is 1. The van der Waals surface area contributed by atoms with Gasteiger partial charge in [0.15, 0.2) is 11.5 Å². The van der Waals surface area contributed by atoms with E-state index in [4.69, 9.17) is 4.74 Å². The molecule has 3 aromatic rings. The van der Waals surface area contributed by atoms with Gasteiger partial charge >= 0.3 is 6.09 Å². The molecule has 0 saturated heterocycles. The van der Waals surface area contributed by atoms with E-state index in [1.54, 1.807) is 21.8 Å². The Morgan fingerprint density at radius 2 is 1.97 bits per heavy atom. The van der Waals surface area contributed by atoms with Gasteiger partial charge in [0, 0.05) is 30.2 Å². The lowest BCUT2D eigenvalue weighted by molar-refractivity contribution is 0.0578. The van der Waals surface area contributed by atoms with E-state index in [-0.39, 0.29) is 12.1 Å². The van der Waals surface area contributed by atoms with Crippen LogP contribution in [-0.2, 0) is 4.74 Å². The molecule has 1 N–H and O–H groups in total. The smallest absolute Gasteiger partial charge is 0.415 e. The van der Waals surface area contributed by atoms with E-state index in [0.29, 0.717) is 17.2 Å². The molecule has 0 bridgehead atoms. The van der Waals surface area contributed by atoms with Crippen molar-refractivity contribution < 1.29 is 9.53 Å². The number of amides is 1. The van der Waals surface area contributed by atoms with E-state index in [2.05, 4.69) is 41.4 Å². The largest absolute Gasteiger partial charge is 0.443 e. The van der Waals surface area contributed by atoms with E-state index in [9.17, 15) is 4.79 Å². The first-order valence-electron chi connectivity index (χ1n) is 9.92. The molecular formula is C22H27N5O2. The summed E-state index contributed by atoms with van der Waals surface area (Å²) in [6, 6.07) is 8.18. The maximum atomic E-state index is 13.0. The number of fused-ring (bicyclic) bond motifs is 1. The zero-order chi connectivity index (χ0) is 20.8. The van der Waals surface area contributed by atoms with Crippen LogP contribution >= 0.6 is 0 Å². The molecule has 4 rings (SSSR count). The van der Waals surface area contributed by atoms with Crippen LogP contribution in [0.15, 0.2) is 36.7 Å². The van der Waals surface area contributed by atoms with E-state index >= 15 is 0 Å². The standard InChI is InChI=1S/C22H27N5O2/c1-14-6-7-16(12-15(14)2)24-19-13-18(20-23-10-11-26(20)25-19)27(17-8-9-17)21(28)29-22(3,4)5/h6-7,10-13,17H,8-9H2,1-5H3,(H,24,25). The lowest BCUT2D eigenvalue weighted by Crippen LogP contribution is -2.38. The summed E-state index contributed by atoms with van der Waals surface area (Å²) in [5.74, 6) is 0.642. The zero-order valence-corrected chi connectivity index (χ0v) is 17.6. The first-order chi connectivity index (χ1) is 13.7. The van der Waals surface area contributed by atoms with Crippen LogP contribution in [0, 0.1) is 13.8 Å². The Bertz CT molecular complexity index is 1060. The van der Waals surface area contributed by atoms with Crippen LogP contribution in [0.2, 0.25) is 0 Å². The summed E-state index contributed by atoms with van der Waals surface area (Å²) < 4.78 is 7.37. The third-order valence-electron chi connectivity index (χ3n) is 4.88. The van der Waals surface area contributed by atoms with Gasteiger partial charge in [-0.3, -0.25) is 4.90 Å². The fraction of sp³-hybridized carbons (Fsp3) is 0.409. The lowest BCUT2D eigenvalue weighted by atomic mass is 10.1. The molecule has 1 aliphatic rings. The first kappa shape index (κ1) is 19.2. The molecule has 2 heterocycles.